The average Bonchev–Trinajstić information content (AvgIpc) is 2.61. The minimum absolute atomic E-state index is 0.0593. The van der Waals surface area contributed by atoms with Crippen LogP contribution in [0.4, 0.5) is 0 Å². The van der Waals surface area contributed by atoms with E-state index in [9.17, 15) is 4.79 Å². The fourth-order valence-electron chi connectivity index (χ4n) is 1.58. The molecule has 0 radical (unpaired) electrons. The molecule has 1 aromatic rings. The van der Waals surface area contributed by atoms with Gasteiger partial charge in [0.15, 0.2) is 0 Å². The maximum Gasteiger partial charge on any atom is 0.345 e. The zero-order valence-electron chi connectivity index (χ0n) is 8.83. The third-order valence-corrected chi connectivity index (χ3v) is 4.15. The highest BCUT2D eigenvalue weighted by Gasteiger charge is 2.35. The van der Waals surface area contributed by atoms with E-state index < -0.39 is 5.97 Å². The minimum atomic E-state index is -0.568. The van der Waals surface area contributed by atoms with Crippen LogP contribution in [-0.2, 0) is 4.74 Å². The molecule has 2 rings (SSSR count). The first-order valence-electron chi connectivity index (χ1n) is 4.62. The minimum Gasteiger partial charge on any atom is -0.422 e. The Kier molecular flexibility index (Phi) is 3.34. The molecule has 0 aliphatic carbocycles. The topological polar surface area (TPSA) is 26.3 Å². The molecule has 0 amide bonds. The molecule has 0 aromatic heterocycles. The van der Waals surface area contributed by atoms with Gasteiger partial charge in [-0.05, 0) is 19.4 Å². The predicted octanol–water partition coefficient (Wildman–Crippen LogP) is 5.22. The number of ether oxygens (including phenoxy) is 1. The third-order valence-electron chi connectivity index (χ3n) is 2.35. The van der Waals surface area contributed by atoms with Crippen LogP contribution < -0.4 is 0 Å². The summed E-state index contributed by atoms with van der Waals surface area (Å²) >= 11 is 23.9. The van der Waals surface area contributed by atoms with Crippen molar-refractivity contribution < 1.29 is 9.53 Å². The summed E-state index contributed by atoms with van der Waals surface area (Å²) in [5.74, 6) is -0.183. The molecule has 0 atom stereocenters. The van der Waals surface area contributed by atoms with Gasteiger partial charge >= 0.3 is 5.97 Å². The molecule has 1 aliphatic heterocycles. The van der Waals surface area contributed by atoms with Crippen molar-refractivity contribution in [2.24, 2.45) is 0 Å². The number of rotatable bonds is 0. The first-order valence-corrected chi connectivity index (χ1v) is 6.13. The number of hydrogen-bond acceptors (Lipinski definition) is 2. The maximum atomic E-state index is 11.7. The van der Waals surface area contributed by atoms with Gasteiger partial charge in [-0.2, -0.15) is 0 Å². The van der Waals surface area contributed by atoms with Crippen LogP contribution in [0.1, 0.15) is 29.8 Å². The standard InChI is InChI=1S/C11H6Cl4O2/c1-3(2)10-4-5(11(16)17-10)7(13)9(15)8(14)6(4)12/h1-2H3. The molecule has 17 heavy (non-hydrogen) atoms. The van der Waals surface area contributed by atoms with E-state index in [2.05, 4.69) is 0 Å². The predicted molar refractivity (Wildman–Crippen MR) is 70.2 cm³/mol. The number of carbonyl (C=O) groups is 1. The molecule has 0 spiro atoms. The molecule has 0 N–H and O–H groups in total. The van der Waals surface area contributed by atoms with E-state index >= 15 is 0 Å². The first kappa shape index (κ1) is 13.0. The van der Waals surface area contributed by atoms with Crippen molar-refractivity contribution in [3.63, 3.8) is 0 Å². The van der Waals surface area contributed by atoms with E-state index in [0.717, 1.165) is 5.57 Å². The molecule has 0 saturated heterocycles. The molecule has 2 nitrogen and oxygen atoms in total. The Morgan fingerprint density at radius 2 is 1.35 bits per heavy atom. The van der Waals surface area contributed by atoms with Gasteiger partial charge in [0.2, 0.25) is 0 Å². The Hall–Kier alpha value is -0.410. The SMILES string of the molecule is CC(C)=C1OC(=O)c2c(Cl)c(Cl)c(Cl)c(Cl)c21. The Morgan fingerprint density at radius 3 is 1.82 bits per heavy atom. The summed E-state index contributed by atoms with van der Waals surface area (Å²) in [6, 6.07) is 0. The van der Waals surface area contributed by atoms with E-state index in [0.29, 0.717) is 11.3 Å². The van der Waals surface area contributed by atoms with E-state index in [1.807, 2.05) is 0 Å². The fraction of sp³-hybridized carbons (Fsp3) is 0.182. The monoisotopic (exact) mass is 310 g/mol. The molecule has 6 heteroatoms. The van der Waals surface area contributed by atoms with Crippen molar-refractivity contribution in [2.75, 3.05) is 0 Å². The average molecular weight is 312 g/mol. The van der Waals surface area contributed by atoms with Crippen LogP contribution in [-0.4, -0.2) is 5.97 Å². The van der Waals surface area contributed by atoms with Crippen LogP contribution in [0.15, 0.2) is 5.57 Å². The maximum absolute atomic E-state index is 11.7. The second kappa shape index (κ2) is 4.36. The van der Waals surface area contributed by atoms with Gasteiger partial charge in [-0.3, -0.25) is 0 Å². The zero-order valence-corrected chi connectivity index (χ0v) is 11.9. The second-order valence-electron chi connectivity index (χ2n) is 3.72. The van der Waals surface area contributed by atoms with Gasteiger partial charge in [-0.15, -0.1) is 0 Å². The third kappa shape index (κ3) is 1.84. The van der Waals surface area contributed by atoms with E-state index in [4.69, 9.17) is 51.1 Å². The summed E-state index contributed by atoms with van der Waals surface area (Å²) in [6.07, 6.45) is 0. The van der Waals surface area contributed by atoms with Crippen molar-refractivity contribution in [2.45, 2.75) is 13.8 Å². The summed E-state index contributed by atoms with van der Waals surface area (Å²) in [6.45, 7) is 3.59. The second-order valence-corrected chi connectivity index (χ2v) is 5.24. The van der Waals surface area contributed by atoms with Crippen LogP contribution in [0.2, 0.25) is 20.1 Å². The molecule has 1 aromatic carbocycles. The summed E-state index contributed by atoms with van der Waals surface area (Å²) in [7, 11) is 0. The van der Waals surface area contributed by atoms with Crippen molar-refractivity contribution >= 4 is 58.1 Å². The molecule has 0 saturated carbocycles. The lowest BCUT2D eigenvalue weighted by Gasteiger charge is -2.08. The van der Waals surface area contributed by atoms with E-state index in [1.54, 1.807) is 13.8 Å². The Bertz CT molecular complexity index is 572. The highest BCUT2D eigenvalue weighted by atomic mass is 35.5. The van der Waals surface area contributed by atoms with Crippen molar-refractivity contribution in [3.05, 3.63) is 36.8 Å². The Balaban J connectivity index is 2.93. The summed E-state index contributed by atoms with van der Waals surface area (Å²) < 4.78 is 5.12. The van der Waals surface area contributed by atoms with Crippen LogP contribution in [0.3, 0.4) is 0 Å². The van der Waals surface area contributed by atoms with E-state index in [1.165, 1.54) is 0 Å². The summed E-state index contributed by atoms with van der Waals surface area (Å²) in [5, 5.41) is 0.425. The highest BCUT2D eigenvalue weighted by molar-refractivity contribution is 6.53. The van der Waals surface area contributed by atoms with Gasteiger partial charge in [-0.1, -0.05) is 46.4 Å². The largest absolute Gasteiger partial charge is 0.422 e. The summed E-state index contributed by atoms with van der Waals surface area (Å²) in [5.41, 5.74) is 1.38. The number of hydrogen-bond donors (Lipinski definition) is 0. The van der Waals surface area contributed by atoms with Gasteiger partial charge < -0.3 is 4.74 Å². The van der Waals surface area contributed by atoms with Crippen LogP contribution in [0.25, 0.3) is 5.76 Å². The van der Waals surface area contributed by atoms with Crippen molar-refractivity contribution in [3.8, 4) is 0 Å². The number of esters is 1. The molecular formula is C11H6Cl4O2. The van der Waals surface area contributed by atoms with Crippen LogP contribution >= 0.6 is 46.4 Å². The van der Waals surface area contributed by atoms with Gasteiger partial charge in [0.05, 0.1) is 31.2 Å². The smallest absolute Gasteiger partial charge is 0.345 e. The first-order chi connectivity index (χ1) is 7.86. The lowest BCUT2D eigenvalue weighted by atomic mass is 10.1. The van der Waals surface area contributed by atoms with Gasteiger partial charge in [0.25, 0.3) is 0 Å². The number of halogens is 4. The molecule has 1 aliphatic rings. The number of carbonyl (C=O) groups excluding carboxylic acids is 1. The number of cyclic esters (lactones) is 1. The number of allylic oxidation sites excluding steroid dienone is 1. The lowest BCUT2D eigenvalue weighted by Crippen LogP contribution is -1.96. The van der Waals surface area contributed by atoms with E-state index in [-0.39, 0.29) is 25.7 Å². The number of benzene rings is 1. The Morgan fingerprint density at radius 1 is 0.882 bits per heavy atom. The van der Waals surface area contributed by atoms with Crippen molar-refractivity contribution in [1.29, 1.82) is 0 Å². The quantitative estimate of drug-likeness (QED) is 0.373. The van der Waals surface area contributed by atoms with Crippen LogP contribution in [0.5, 0.6) is 0 Å². The number of fused-ring (bicyclic) bond motifs is 1. The zero-order chi connectivity index (χ0) is 12.9. The lowest BCUT2D eigenvalue weighted by molar-refractivity contribution is 0.0714. The van der Waals surface area contributed by atoms with Gasteiger partial charge in [-0.25, -0.2) is 4.79 Å². The van der Waals surface area contributed by atoms with Gasteiger partial charge in [0, 0.05) is 0 Å². The fourth-order valence-corrected chi connectivity index (χ4v) is 2.60. The molecule has 0 unspecified atom stereocenters. The molecular weight excluding hydrogens is 306 g/mol. The van der Waals surface area contributed by atoms with Crippen molar-refractivity contribution in [1.82, 2.24) is 0 Å². The Labute approximate surface area is 118 Å². The molecule has 90 valence electrons. The summed E-state index contributed by atoms with van der Waals surface area (Å²) in [4.78, 5) is 11.7. The molecule has 0 bridgehead atoms. The molecule has 1 heterocycles. The highest BCUT2D eigenvalue weighted by Crippen LogP contribution is 2.48. The van der Waals surface area contributed by atoms with Gasteiger partial charge in [0.1, 0.15) is 5.76 Å². The van der Waals surface area contributed by atoms with Crippen LogP contribution in [0, 0.1) is 0 Å². The molecule has 0 fully saturated rings. The normalized spacial score (nSPS) is 13.8.